The molecule has 0 N–H and O–H groups in total. The number of carbonyl (C=O) groups excluding carboxylic acids is 1. The third kappa shape index (κ3) is 1.89. The summed E-state index contributed by atoms with van der Waals surface area (Å²) in [5, 5.41) is -0.244. The van der Waals surface area contributed by atoms with E-state index in [2.05, 4.69) is 9.97 Å². The van der Waals surface area contributed by atoms with Crippen LogP contribution >= 0.6 is 11.6 Å². The maximum absolute atomic E-state index is 12.2. The fraction of sp³-hybridized carbons (Fsp3) is 0.462. The highest BCUT2D eigenvalue weighted by Gasteiger charge is 2.33. The number of carbonyl (C=O) groups is 1. The van der Waals surface area contributed by atoms with E-state index in [0.717, 1.165) is 29.8 Å². The van der Waals surface area contributed by atoms with Crippen molar-refractivity contribution in [1.82, 2.24) is 19.4 Å². The van der Waals surface area contributed by atoms with E-state index in [9.17, 15) is 4.79 Å². The molecule has 2 atom stereocenters. The van der Waals surface area contributed by atoms with Crippen LogP contribution in [0, 0.1) is 0 Å². The fourth-order valence-corrected chi connectivity index (χ4v) is 2.77. The highest BCUT2D eigenvalue weighted by Crippen LogP contribution is 2.32. The van der Waals surface area contributed by atoms with Crippen molar-refractivity contribution in [2.45, 2.75) is 24.8 Å². The van der Waals surface area contributed by atoms with Gasteiger partial charge in [-0.1, -0.05) is 0 Å². The number of hydrogen-bond donors (Lipinski definition) is 0. The van der Waals surface area contributed by atoms with E-state index in [1.807, 2.05) is 24.6 Å². The lowest BCUT2D eigenvalue weighted by molar-refractivity contribution is -0.129. The molecule has 5 nitrogen and oxygen atoms in total. The molecule has 0 aromatic carbocycles. The molecule has 0 saturated carbocycles. The molecular formula is C13H15ClN4O. The van der Waals surface area contributed by atoms with E-state index in [4.69, 9.17) is 11.6 Å². The van der Waals surface area contributed by atoms with Gasteiger partial charge in [0.15, 0.2) is 0 Å². The number of halogens is 1. The summed E-state index contributed by atoms with van der Waals surface area (Å²) >= 11 is 6.21. The average Bonchev–Trinajstić information content (AvgIpc) is 2.92. The van der Waals surface area contributed by atoms with Crippen LogP contribution in [0.15, 0.2) is 18.5 Å². The zero-order valence-electron chi connectivity index (χ0n) is 10.9. The molecule has 0 aliphatic carbocycles. The number of pyridine rings is 1. The number of aromatic nitrogens is 3. The Morgan fingerprint density at radius 2 is 2.32 bits per heavy atom. The smallest absolute Gasteiger partial charge is 0.245 e. The van der Waals surface area contributed by atoms with E-state index >= 15 is 0 Å². The number of likely N-dealkylation sites (tertiary alicyclic amines) is 1. The first-order chi connectivity index (χ1) is 9.09. The van der Waals surface area contributed by atoms with Gasteiger partial charge in [-0.2, -0.15) is 0 Å². The molecule has 3 rings (SSSR count). The molecule has 1 aliphatic rings. The van der Waals surface area contributed by atoms with Crippen LogP contribution in [0.2, 0.25) is 0 Å². The SMILES string of the molecule is CC(Cl)c1nc2cnccc2n1C1CCN(C)C1=O. The zero-order chi connectivity index (χ0) is 13.6. The van der Waals surface area contributed by atoms with Gasteiger partial charge in [0.2, 0.25) is 5.91 Å². The first-order valence-corrected chi connectivity index (χ1v) is 6.74. The molecule has 2 unspecified atom stereocenters. The first-order valence-electron chi connectivity index (χ1n) is 6.30. The summed E-state index contributed by atoms with van der Waals surface area (Å²) in [6.07, 6.45) is 4.21. The predicted molar refractivity (Wildman–Crippen MR) is 73.1 cm³/mol. The number of imidazole rings is 1. The van der Waals surface area contributed by atoms with Crippen LogP contribution in [-0.2, 0) is 4.79 Å². The molecule has 0 spiro atoms. The molecule has 3 heterocycles. The topological polar surface area (TPSA) is 51.0 Å². The lowest BCUT2D eigenvalue weighted by Crippen LogP contribution is -2.25. The first kappa shape index (κ1) is 12.4. The quantitative estimate of drug-likeness (QED) is 0.791. The molecule has 1 amide bonds. The minimum absolute atomic E-state index is 0.120. The zero-order valence-corrected chi connectivity index (χ0v) is 11.6. The van der Waals surface area contributed by atoms with E-state index in [1.54, 1.807) is 17.3 Å². The predicted octanol–water partition coefficient (Wildman–Crippen LogP) is 2.13. The van der Waals surface area contributed by atoms with Crippen molar-refractivity contribution in [3.05, 3.63) is 24.3 Å². The fourth-order valence-electron chi connectivity index (χ4n) is 2.62. The normalized spacial score (nSPS) is 21.3. The Bertz CT molecular complexity index is 637. The Morgan fingerprint density at radius 3 is 2.95 bits per heavy atom. The van der Waals surface area contributed by atoms with Crippen molar-refractivity contribution in [3.8, 4) is 0 Å². The summed E-state index contributed by atoms with van der Waals surface area (Å²) < 4.78 is 1.97. The van der Waals surface area contributed by atoms with Crippen LogP contribution < -0.4 is 0 Å². The van der Waals surface area contributed by atoms with Crippen molar-refractivity contribution in [3.63, 3.8) is 0 Å². The standard InChI is InChI=1S/C13H15ClN4O/c1-8(14)12-16-9-7-15-5-3-10(9)18(12)11-4-6-17(2)13(11)19/h3,5,7-8,11H,4,6H2,1-2H3. The molecule has 1 saturated heterocycles. The summed E-state index contributed by atoms with van der Waals surface area (Å²) in [7, 11) is 1.83. The van der Waals surface area contributed by atoms with Gasteiger partial charge in [0.05, 0.1) is 17.1 Å². The number of alkyl halides is 1. The van der Waals surface area contributed by atoms with Gasteiger partial charge in [0.1, 0.15) is 17.4 Å². The average molecular weight is 279 g/mol. The molecule has 0 bridgehead atoms. The van der Waals surface area contributed by atoms with Crippen LogP contribution in [-0.4, -0.2) is 38.9 Å². The monoisotopic (exact) mass is 278 g/mol. The number of rotatable bonds is 2. The van der Waals surface area contributed by atoms with Gasteiger partial charge in [-0.25, -0.2) is 4.98 Å². The lowest BCUT2D eigenvalue weighted by Gasteiger charge is -2.16. The Hall–Kier alpha value is -1.62. The highest BCUT2D eigenvalue weighted by molar-refractivity contribution is 6.20. The van der Waals surface area contributed by atoms with Crippen LogP contribution in [0.5, 0.6) is 0 Å². The molecule has 6 heteroatoms. The van der Waals surface area contributed by atoms with Gasteiger partial charge in [0.25, 0.3) is 0 Å². The molecule has 1 fully saturated rings. The summed E-state index contributed by atoms with van der Waals surface area (Å²) in [4.78, 5) is 22.6. The summed E-state index contributed by atoms with van der Waals surface area (Å²) in [6.45, 7) is 2.64. The second-order valence-corrected chi connectivity index (χ2v) is 5.54. The van der Waals surface area contributed by atoms with Gasteiger partial charge in [-0.05, 0) is 19.4 Å². The molecule has 2 aromatic rings. The Labute approximate surface area is 116 Å². The molecular weight excluding hydrogens is 264 g/mol. The van der Waals surface area contributed by atoms with Crippen molar-refractivity contribution >= 4 is 28.5 Å². The molecule has 100 valence electrons. The second-order valence-electron chi connectivity index (χ2n) is 4.88. The maximum Gasteiger partial charge on any atom is 0.245 e. The second kappa shape index (κ2) is 4.49. The van der Waals surface area contributed by atoms with Gasteiger partial charge in [0, 0.05) is 19.8 Å². The Morgan fingerprint density at radius 1 is 1.53 bits per heavy atom. The van der Waals surface area contributed by atoms with Crippen molar-refractivity contribution in [2.75, 3.05) is 13.6 Å². The van der Waals surface area contributed by atoms with E-state index in [0.29, 0.717) is 0 Å². The van der Waals surface area contributed by atoms with Crippen LogP contribution in [0.1, 0.15) is 30.6 Å². The third-order valence-corrected chi connectivity index (χ3v) is 3.78. The van der Waals surface area contributed by atoms with E-state index in [-0.39, 0.29) is 17.3 Å². The molecule has 0 radical (unpaired) electrons. The van der Waals surface area contributed by atoms with Crippen LogP contribution in [0.4, 0.5) is 0 Å². The van der Waals surface area contributed by atoms with Crippen molar-refractivity contribution < 1.29 is 4.79 Å². The molecule has 2 aromatic heterocycles. The lowest BCUT2D eigenvalue weighted by atomic mass is 10.2. The van der Waals surface area contributed by atoms with Gasteiger partial charge >= 0.3 is 0 Å². The maximum atomic E-state index is 12.2. The summed E-state index contributed by atoms with van der Waals surface area (Å²) in [5.41, 5.74) is 1.71. The molecule has 19 heavy (non-hydrogen) atoms. The number of likely N-dealkylation sites (N-methyl/N-ethyl adjacent to an activating group) is 1. The van der Waals surface area contributed by atoms with Crippen LogP contribution in [0.3, 0.4) is 0 Å². The highest BCUT2D eigenvalue weighted by atomic mass is 35.5. The Kier molecular flexibility index (Phi) is 2.93. The van der Waals surface area contributed by atoms with Gasteiger partial charge < -0.3 is 9.47 Å². The number of nitrogens with zero attached hydrogens (tertiary/aromatic N) is 4. The number of amides is 1. The largest absolute Gasteiger partial charge is 0.344 e. The van der Waals surface area contributed by atoms with Crippen molar-refractivity contribution in [1.29, 1.82) is 0 Å². The van der Waals surface area contributed by atoms with E-state index < -0.39 is 0 Å². The Balaban J connectivity index is 2.21. The summed E-state index contributed by atoms with van der Waals surface area (Å²) in [5.74, 6) is 0.855. The van der Waals surface area contributed by atoms with Gasteiger partial charge in [-0.15, -0.1) is 11.6 Å². The van der Waals surface area contributed by atoms with Gasteiger partial charge in [-0.3, -0.25) is 9.78 Å². The molecule has 1 aliphatic heterocycles. The third-order valence-electron chi connectivity index (χ3n) is 3.59. The summed E-state index contributed by atoms with van der Waals surface area (Å²) in [6, 6.07) is 1.69. The minimum atomic E-state index is -0.244. The minimum Gasteiger partial charge on any atom is -0.344 e. The van der Waals surface area contributed by atoms with Crippen LogP contribution in [0.25, 0.3) is 11.0 Å². The van der Waals surface area contributed by atoms with E-state index in [1.165, 1.54) is 0 Å². The number of hydrogen-bond acceptors (Lipinski definition) is 3. The van der Waals surface area contributed by atoms with Crippen molar-refractivity contribution in [2.24, 2.45) is 0 Å². The number of fused-ring (bicyclic) bond motifs is 1.